The van der Waals surface area contributed by atoms with Gasteiger partial charge < -0.3 is 0 Å². The SMILES string of the molecule is O=C(CSc1ccccn1)N/N=C/c1ccc([N+](=O)[O-])cc1. The molecule has 0 spiro atoms. The van der Waals surface area contributed by atoms with Crippen LogP contribution in [0.25, 0.3) is 0 Å². The molecule has 0 radical (unpaired) electrons. The van der Waals surface area contributed by atoms with E-state index < -0.39 is 4.92 Å². The normalized spacial score (nSPS) is 10.5. The third kappa shape index (κ3) is 4.98. The number of nitrogens with one attached hydrogen (secondary N) is 1. The lowest BCUT2D eigenvalue weighted by molar-refractivity contribution is -0.384. The smallest absolute Gasteiger partial charge is 0.269 e. The van der Waals surface area contributed by atoms with Crippen molar-refractivity contribution in [3.63, 3.8) is 0 Å². The Labute approximate surface area is 130 Å². The number of carbonyl (C=O) groups is 1. The van der Waals surface area contributed by atoms with E-state index in [0.717, 1.165) is 5.03 Å². The number of hydrogen-bond acceptors (Lipinski definition) is 6. The molecule has 1 N–H and O–H groups in total. The van der Waals surface area contributed by atoms with Crippen LogP contribution in [0.2, 0.25) is 0 Å². The van der Waals surface area contributed by atoms with Gasteiger partial charge in [0.05, 0.1) is 21.9 Å². The molecule has 1 aromatic heterocycles. The second-order valence-corrected chi connectivity index (χ2v) is 5.09. The fourth-order valence-corrected chi connectivity index (χ4v) is 2.12. The molecule has 0 aliphatic carbocycles. The largest absolute Gasteiger partial charge is 0.272 e. The summed E-state index contributed by atoms with van der Waals surface area (Å²) in [6.45, 7) is 0. The lowest BCUT2D eigenvalue weighted by atomic mass is 10.2. The maximum atomic E-state index is 11.6. The molecule has 1 heterocycles. The van der Waals surface area contributed by atoms with Crippen LogP contribution in [0.3, 0.4) is 0 Å². The van der Waals surface area contributed by atoms with Crippen LogP contribution in [-0.4, -0.2) is 27.8 Å². The minimum Gasteiger partial charge on any atom is -0.272 e. The summed E-state index contributed by atoms with van der Waals surface area (Å²) in [7, 11) is 0. The summed E-state index contributed by atoms with van der Waals surface area (Å²) in [4.78, 5) is 25.7. The van der Waals surface area contributed by atoms with Crippen molar-refractivity contribution in [2.45, 2.75) is 5.03 Å². The Balaban J connectivity index is 1.79. The third-order valence-corrected chi connectivity index (χ3v) is 3.44. The molecule has 0 bridgehead atoms. The summed E-state index contributed by atoms with van der Waals surface area (Å²) in [6.07, 6.45) is 3.08. The Hall–Kier alpha value is -2.74. The first-order chi connectivity index (χ1) is 10.6. The van der Waals surface area contributed by atoms with Crippen LogP contribution in [0.4, 0.5) is 5.69 Å². The van der Waals surface area contributed by atoms with Crippen molar-refractivity contribution in [1.82, 2.24) is 10.4 Å². The van der Waals surface area contributed by atoms with Gasteiger partial charge in [0.15, 0.2) is 0 Å². The number of carbonyl (C=O) groups excluding carboxylic acids is 1. The van der Waals surface area contributed by atoms with E-state index in [1.54, 1.807) is 24.4 Å². The summed E-state index contributed by atoms with van der Waals surface area (Å²) < 4.78 is 0. The highest BCUT2D eigenvalue weighted by atomic mass is 32.2. The topological polar surface area (TPSA) is 97.5 Å². The van der Waals surface area contributed by atoms with Gasteiger partial charge >= 0.3 is 0 Å². The first-order valence-corrected chi connectivity index (χ1v) is 7.24. The summed E-state index contributed by atoms with van der Waals surface area (Å²) in [6, 6.07) is 11.3. The Bertz CT molecular complexity index is 674. The predicted octanol–water partition coefficient (Wildman–Crippen LogP) is 2.23. The molecule has 1 aromatic carbocycles. The lowest BCUT2D eigenvalue weighted by Crippen LogP contribution is -2.19. The number of aromatic nitrogens is 1. The number of amides is 1. The maximum Gasteiger partial charge on any atom is 0.269 e. The molecule has 2 aromatic rings. The highest BCUT2D eigenvalue weighted by Crippen LogP contribution is 2.13. The van der Waals surface area contributed by atoms with Crippen molar-refractivity contribution in [3.05, 3.63) is 64.3 Å². The van der Waals surface area contributed by atoms with E-state index in [2.05, 4.69) is 15.5 Å². The molecule has 0 aliphatic rings. The van der Waals surface area contributed by atoms with E-state index in [1.165, 1.54) is 30.1 Å². The molecule has 0 aliphatic heterocycles. The molecule has 22 heavy (non-hydrogen) atoms. The molecule has 7 nitrogen and oxygen atoms in total. The van der Waals surface area contributed by atoms with Crippen LogP contribution in [-0.2, 0) is 4.79 Å². The molecule has 0 fully saturated rings. The van der Waals surface area contributed by atoms with Crippen molar-refractivity contribution < 1.29 is 9.72 Å². The fourth-order valence-electron chi connectivity index (χ4n) is 1.47. The molecule has 8 heteroatoms. The number of pyridine rings is 1. The minimum atomic E-state index is -0.475. The van der Waals surface area contributed by atoms with Crippen molar-refractivity contribution >= 4 is 29.6 Å². The number of rotatable bonds is 6. The van der Waals surface area contributed by atoms with Crippen LogP contribution in [0.15, 0.2) is 58.8 Å². The monoisotopic (exact) mass is 316 g/mol. The second-order valence-electron chi connectivity index (χ2n) is 4.10. The van der Waals surface area contributed by atoms with Crippen LogP contribution in [0.5, 0.6) is 0 Å². The number of non-ortho nitro benzene ring substituents is 1. The highest BCUT2D eigenvalue weighted by Gasteiger charge is 2.03. The van der Waals surface area contributed by atoms with E-state index in [9.17, 15) is 14.9 Å². The zero-order chi connectivity index (χ0) is 15.8. The van der Waals surface area contributed by atoms with Crippen molar-refractivity contribution in [1.29, 1.82) is 0 Å². The molecular formula is C14H12N4O3S. The van der Waals surface area contributed by atoms with Gasteiger partial charge in [0.25, 0.3) is 5.69 Å². The summed E-state index contributed by atoms with van der Waals surface area (Å²) in [5.41, 5.74) is 3.05. The van der Waals surface area contributed by atoms with Gasteiger partial charge in [-0.2, -0.15) is 5.10 Å². The van der Waals surface area contributed by atoms with Gasteiger partial charge in [0.1, 0.15) is 0 Å². The zero-order valence-corrected chi connectivity index (χ0v) is 12.2. The minimum absolute atomic E-state index is 0.00736. The Morgan fingerprint density at radius 1 is 1.32 bits per heavy atom. The molecule has 0 atom stereocenters. The van der Waals surface area contributed by atoms with Gasteiger partial charge in [-0.15, -0.1) is 0 Å². The van der Waals surface area contributed by atoms with E-state index >= 15 is 0 Å². The number of thioether (sulfide) groups is 1. The van der Waals surface area contributed by atoms with Crippen LogP contribution < -0.4 is 5.43 Å². The quantitative estimate of drug-likeness (QED) is 0.381. The molecular weight excluding hydrogens is 304 g/mol. The zero-order valence-electron chi connectivity index (χ0n) is 11.4. The number of hydrazone groups is 1. The van der Waals surface area contributed by atoms with Crippen molar-refractivity contribution in [3.8, 4) is 0 Å². The van der Waals surface area contributed by atoms with Crippen molar-refractivity contribution in [2.24, 2.45) is 5.10 Å². The average Bonchev–Trinajstić information content (AvgIpc) is 2.54. The number of nitrogens with zero attached hydrogens (tertiary/aromatic N) is 3. The molecule has 2 rings (SSSR count). The number of hydrogen-bond donors (Lipinski definition) is 1. The summed E-state index contributed by atoms with van der Waals surface area (Å²) >= 11 is 1.31. The maximum absolute atomic E-state index is 11.6. The van der Waals surface area contributed by atoms with E-state index in [4.69, 9.17) is 0 Å². The van der Waals surface area contributed by atoms with Gasteiger partial charge in [-0.3, -0.25) is 14.9 Å². The highest BCUT2D eigenvalue weighted by molar-refractivity contribution is 7.99. The number of nitro benzene ring substituents is 1. The van der Waals surface area contributed by atoms with Gasteiger partial charge in [0.2, 0.25) is 5.91 Å². The summed E-state index contributed by atoms with van der Waals surface area (Å²) in [5, 5.41) is 15.1. The number of nitro groups is 1. The molecule has 0 unspecified atom stereocenters. The standard InChI is InChI=1S/C14H12N4O3S/c19-13(10-22-14-3-1-2-8-15-14)17-16-9-11-4-6-12(7-5-11)18(20)21/h1-9H,10H2,(H,17,19)/b16-9+. The average molecular weight is 316 g/mol. The molecule has 1 amide bonds. The van der Waals surface area contributed by atoms with Crippen LogP contribution >= 0.6 is 11.8 Å². The molecule has 0 saturated carbocycles. The Kier molecular flexibility index (Phi) is 5.61. The van der Waals surface area contributed by atoms with E-state index in [-0.39, 0.29) is 17.3 Å². The van der Waals surface area contributed by atoms with Crippen LogP contribution in [0.1, 0.15) is 5.56 Å². The fraction of sp³-hybridized carbons (Fsp3) is 0.0714. The van der Waals surface area contributed by atoms with E-state index in [1.807, 2.05) is 12.1 Å². The Morgan fingerprint density at radius 3 is 2.73 bits per heavy atom. The first kappa shape index (κ1) is 15.6. The van der Waals surface area contributed by atoms with Gasteiger partial charge in [-0.25, -0.2) is 10.4 Å². The van der Waals surface area contributed by atoms with Crippen molar-refractivity contribution in [2.75, 3.05) is 5.75 Å². The van der Waals surface area contributed by atoms with Gasteiger partial charge in [-0.1, -0.05) is 17.8 Å². The third-order valence-electron chi connectivity index (χ3n) is 2.50. The van der Waals surface area contributed by atoms with E-state index in [0.29, 0.717) is 5.56 Å². The summed E-state index contributed by atoms with van der Waals surface area (Å²) in [5.74, 6) is -0.0527. The van der Waals surface area contributed by atoms with Gasteiger partial charge in [0, 0.05) is 18.3 Å². The molecule has 0 saturated heterocycles. The number of benzene rings is 1. The second kappa shape index (κ2) is 7.89. The lowest BCUT2D eigenvalue weighted by Gasteiger charge is -1.99. The van der Waals surface area contributed by atoms with Crippen LogP contribution in [0, 0.1) is 10.1 Å². The predicted molar refractivity (Wildman–Crippen MR) is 83.8 cm³/mol. The molecule has 112 valence electrons. The van der Waals surface area contributed by atoms with Gasteiger partial charge in [-0.05, 0) is 29.8 Å². The first-order valence-electron chi connectivity index (χ1n) is 6.25. The Morgan fingerprint density at radius 2 is 2.09 bits per heavy atom.